The summed E-state index contributed by atoms with van der Waals surface area (Å²) in [6, 6.07) is 37.5. The fourth-order valence-corrected chi connectivity index (χ4v) is 9.07. The first kappa shape index (κ1) is 44.9. The Bertz CT molecular complexity index is 1890. The van der Waals surface area contributed by atoms with Crippen molar-refractivity contribution in [3.05, 3.63) is 130 Å². The predicted molar refractivity (Wildman–Crippen MR) is 248 cm³/mol. The predicted octanol–water partition coefficient (Wildman–Crippen LogP) is 16.6. The Kier molecular flexibility index (Phi) is 18.7. The van der Waals surface area contributed by atoms with Crippen molar-refractivity contribution in [3.63, 3.8) is 0 Å². The van der Waals surface area contributed by atoms with E-state index in [0.717, 1.165) is 34.2 Å². The molecule has 0 nitrogen and oxygen atoms in total. The molecular weight excluding hydrogens is 815 g/mol. The Morgan fingerprint density at radius 2 is 0.893 bits per heavy atom. The Morgan fingerprint density at radius 1 is 0.554 bits per heavy atom. The fourth-order valence-electron chi connectivity index (χ4n) is 9.07. The topological polar surface area (TPSA) is 0 Å². The van der Waals surface area contributed by atoms with Crippen LogP contribution >= 0.6 is 17.0 Å². The second-order valence-corrected chi connectivity index (χ2v) is 21.2. The molecule has 0 spiro atoms. The van der Waals surface area contributed by atoms with Crippen LogP contribution in [0.2, 0.25) is 13.1 Å². The van der Waals surface area contributed by atoms with Gasteiger partial charge in [-0.1, -0.05) is 174 Å². The summed E-state index contributed by atoms with van der Waals surface area (Å²) < 4.78 is 0. The van der Waals surface area contributed by atoms with E-state index in [1.54, 1.807) is 11.1 Å². The molecule has 4 heteroatoms. The molecule has 0 amide bonds. The van der Waals surface area contributed by atoms with E-state index in [2.05, 4.69) is 138 Å². The number of fused-ring (bicyclic) bond motifs is 2. The molecule has 0 N–H and O–H groups in total. The van der Waals surface area contributed by atoms with Crippen molar-refractivity contribution in [3.8, 4) is 22.3 Å². The summed E-state index contributed by atoms with van der Waals surface area (Å²) in [7, 11) is 11.0. The summed E-state index contributed by atoms with van der Waals surface area (Å²) in [6.07, 6.45) is 19.0. The summed E-state index contributed by atoms with van der Waals surface area (Å²) in [5, 5.41) is 5.70. The van der Waals surface area contributed by atoms with Crippen molar-refractivity contribution in [2.24, 2.45) is 11.8 Å². The summed E-state index contributed by atoms with van der Waals surface area (Å²) >= 11 is -0.826. The van der Waals surface area contributed by atoms with Crippen LogP contribution in [0.15, 0.2) is 97.1 Å². The summed E-state index contributed by atoms with van der Waals surface area (Å²) in [5.41, 5.74) is 14.1. The third-order valence-electron chi connectivity index (χ3n) is 11.9. The molecule has 0 atom stereocenters. The van der Waals surface area contributed by atoms with Gasteiger partial charge in [-0.25, -0.2) is 0 Å². The first-order valence-corrected chi connectivity index (χ1v) is 29.7. The van der Waals surface area contributed by atoms with Crippen molar-refractivity contribution in [1.82, 2.24) is 0 Å². The van der Waals surface area contributed by atoms with Gasteiger partial charge in [0.05, 0.1) is 0 Å². The molecule has 2 aliphatic carbocycles. The summed E-state index contributed by atoms with van der Waals surface area (Å²) in [5.74, 6) is 1.80. The molecule has 2 radical (unpaired) electrons. The molecule has 0 aromatic heterocycles. The number of hydrogen-bond donors (Lipinski definition) is 0. The number of aryl methyl sites for hydroxylation is 4. The number of rotatable bonds is 8. The van der Waals surface area contributed by atoms with Crippen LogP contribution in [-0.4, -0.2) is 9.52 Å². The van der Waals surface area contributed by atoms with Crippen LogP contribution in [0.4, 0.5) is 0 Å². The minimum absolute atomic E-state index is 0.826. The number of hydrogen-bond acceptors (Lipinski definition) is 0. The van der Waals surface area contributed by atoms with Crippen LogP contribution in [0.5, 0.6) is 0 Å². The Morgan fingerprint density at radius 3 is 1.21 bits per heavy atom. The van der Waals surface area contributed by atoms with Gasteiger partial charge in [-0.05, 0) is 73.6 Å². The maximum absolute atomic E-state index is 4.93. The van der Waals surface area contributed by atoms with Gasteiger partial charge in [0, 0.05) is 9.52 Å². The van der Waals surface area contributed by atoms with Crippen LogP contribution in [0, 0.1) is 25.7 Å². The van der Waals surface area contributed by atoms with E-state index in [0.29, 0.717) is 0 Å². The number of halogens is 2. The molecule has 6 aromatic carbocycles. The monoisotopic (exact) mass is 876 g/mol. The van der Waals surface area contributed by atoms with Crippen molar-refractivity contribution >= 4 is 48.1 Å². The Hall–Kier alpha value is -2.22. The molecule has 0 heterocycles. The number of benzene rings is 4. The maximum atomic E-state index is 4.93. The van der Waals surface area contributed by atoms with Crippen molar-refractivity contribution in [2.45, 2.75) is 131 Å². The molecule has 0 aliphatic heterocycles. The van der Waals surface area contributed by atoms with E-state index in [4.69, 9.17) is 17.0 Å². The molecule has 0 saturated heterocycles. The fraction of sp³-hybridized carbons (Fsp3) is 0.423. The van der Waals surface area contributed by atoms with Gasteiger partial charge in [-0.2, -0.15) is 12.1 Å². The first-order valence-electron chi connectivity index (χ1n) is 21.4. The van der Waals surface area contributed by atoms with Gasteiger partial charge in [0.25, 0.3) is 0 Å². The quantitative estimate of drug-likeness (QED) is 0.106. The first-order chi connectivity index (χ1) is 27.3. The van der Waals surface area contributed by atoms with Crippen LogP contribution in [0.25, 0.3) is 43.8 Å². The molecule has 2 fully saturated rings. The zero-order chi connectivity index (χ0) is 39.9. The van der Waals surface area contributed by atoms with Gasteiger partial charge in [0.15, 0.2) is 0 Å². The van der Waals surface area contributed by atoms with Crippen molar-refractivity contribution in [2.75, 3.05) is 0 Å². The van der Waals surface area contributed by atoms with E-state index in [-0.39, 0.29) is 0 Å². The molecule has 0 bridgehead atoms. The van der Waals surface area contributed by atoms with Gasteiger partial charge in [-0.15, -0.1) is 56.9 Å². The van der Waals surface area contributed by atoms with E-state index >= 15 is 0 Å². The van der Waals surface area contributed by atoms with Gasteiger partial charge in [0.2, 0.25) is 0 Å². The van der Waals surface area contributed by atoms with E-state index in [1.807, 2.05) is 0 Å². The third kappa shape index (κ3) is 12.9. The molecular formula is C52H64Cl2SiZr. The van der Waals surface area contributed by atoms with Crippen LogP contribution in [0.1, 0.15) is 111 Å². The van der Waals surface area contributed by atoms with E-state index in [9.17, 15) is 0 Å². The summed E-state index contributed by atoms with van der Waals surface area (Å²) in [4.78, 5) is 0. The second-order valence-electron chi connectivity index (χ2n) is 16.4. The molecule has 0 unspecified atom stereocenters. The van der Waals surface area contributed by atoms with Gasteiger partial charge in [-0.3, -0.25) is 0 Å². The third-order valence-corrected chi connectivity index (χ3v) is 11.9. The van der Waals surface area contributed by atoms with Crippen molar-refractivity contribution < 1.29 is 20.8 Å². The van der Waals surface area contributed by atoms with E-state index in [1.165, 1.54) is 143 Å². The second kappa shape index (κ2) is 23.4. The molecule has 8 rings (SSSR count). The van der Waals surface area contributed by atoms with Gasteiger partial charge in [0.1, 0.15) is 0 Å². The van der Waals surface area contributed by atoms with Gasteiger partial charge >= 0.3 is 37.9 Å². The standard InChI is InChI=1S/2C25H29.C2H6Si.2ClH.Zr/c2*1-3-19-9-11-22(12-10-19)24-14-18(2)13-23-16-21(17-25(23)24)15-20-7-5-4-6-8-20;1-3-2;;;/h2*9-14,16-17,20H,3-8,15H2,1-2H3;1-2H3;2*1H;/q2*-1;;;;+4/p-2. The minimum atomic E-state index is -0.826. The van der Waals surface area contributed by atoms with E-state index < -0.39 is 20.8 Å². The zero-order valence-electron chi connectivity index (χ0n) is 35.0. The Labute approximate surface area is 361 Å². The molecule has 2 aliphatic rings. The molecule has 6 aromatic rings. The van der Waals surface area contributed by atoms with Crippen molar-refractivity contribution in [1.29, 1.82) is 0 Å². The van der Waals surface area contributed by atoms with Crippen LogP contribution in [-0.2, 0) is 46.5 Å². The molecule has 294 valence electrons. The zero-order valence-corrected chi connectivity index (χ0v) is 40.0. The van der Waals surface area contributed by atoms with Crippen LogP contribution < -0.4 is 0 Å². The average Bonchev–Trinajstić information content (AvgIpc) is 3.81. The van der Waals surface area contributed by atoms with Gasteiger partial charge < -0.3 is 0 Å². The SMILES string of the molecule is CCc1ccc(-c2cc(C)cc3[cH-]c(CC4CCCCC4)cc23)cc1.CCc1ccc(-c2cc(C)cc3[cH-]c(CC4CCCCC4)cc23)cc1.C[Si]C.[Cl][Zr+2][Cl]. The molecule has 56 heavy (non-hydrogen) atoms. The summed E-state index contributed by atoms with van der Waals surface area (Å²) in [6.45, 7) is 13.2. The Balaban J connectivity index is 0.000000188. The van der Waals surface area contributed by atoms with Crippen LogP contribution in [0.3, 0.4) is 0 Å². The average molecular weight is 879 g/mol. The molecule has 2 saturated carbocycles. The normalized spacial score (nSPS) is 14.6.